The summed E-state index contributed by atoms with van der Waals surface area (Å²) in [5.41, 5.74) is 6.87. The monoisotopic (exact) mass is 1120 g/mol. The highest BCUT2D eigenvalue weighted by Gasteiger charge is 2.21. The van der Waals surface area contributed by atoms with Crippen LogP contribution in [0.1, 0.15) is 214 Å². The lowest BCUT2D eigenvalue weighted by Crippen LogP contribution is -2.41. The molecule has 79 heavy (non-hydrogen) atoms. The van der Waals surface area contributed by atoms with E-state index in [0.717, 1.165) is 69.9 Å². The lowest BCUT2D eigenvalue weighted by molar-refractivity contribution is -0.142. The number of rotatable bonds is 54. The zero-order valence-electron chi connectivity index (χ0n) is 47.7. The maximum atomic E-state index is 12.4. The first-order valence-corrected chi connectivity index (χ1v) is 28.8. The summed E-state index contributed by atoms with van der Waals surface area (Å²) in [6, 6.07) is -1.63. The largest absolute Gasteiger partial charge is 0.481 e. The van der Waals surface area contributed by atoms with E-state index in [1.807, 2.05) is 0 Å². The van der Waals surface area contributed by atoms with Gasteiger partial charge >= 0.3 is 11.9 Å². The Bertz CT molecular complexity index is 1750. The van der Waals surface area contributed by atoms with Crippen LogP contribution in [0.25, 0.3) is 0 Å². The number of ether oxygens (including phenoxy) is 4. The number of aromatic amines is 1. The standard InChI is InChI=1S/C50H88N6O13.C7H12O2.CH4/c1-40(23-26-45(58)43(51)35-41-36-52-39-55-41)19-16-17-27-53-47(60)37-69-34-32-67-30-28-54-48(61)38-68-33-31-66-29-18-20-42(57)24-25-44(50(64)65)56-46(59)21-14-12-10-8-6-4-2-3-5-7-9-11-13-15-22-49(62)63;1-6(8)4-3-5-7(2)9;/h36,39-40,43-44H,2-35,37-38,51H2,1H3,(H,52,55)(H,53,60)(H,54,61)(H,56,59)(H,62,63)(H,64,65);3-5H2,1-2H3;1H4/t40-,43+,44+;;/m1../s1. The predicted octanol–water partition coefficient (Wildman–Crippen LogP) is 7.73. The van der Waals surface area contributed by atoms with E-state index in [2.05, 4.69) is 32.8 Å². The third-order valence-electron chi connectivity index (χ3n) is 12.7. The Balaban J connectivity index is 0. The molecule has 3 atom stereocenters. The molecule has 1 aromatic rings. The number of carboxylic acids is 2. The van der Waals surface area contributed by atoms with Gasteiger partial charge in [0.2, 0.25) is 17.7 Å². The SMILES string of the molecule is C.CC(=O)CCCC(C)=O.C[C@H](CCCCNC(=O)COCCOCCNC(=O)COCCOCCCC(=O)CC[C@H](NC(=O)CCCCCCCCCCCCCCCCC(=O)O)C(=O)O)CCC(=O)[C@@H](N)Cc1cnc[nH]1. The van der Waals surface area contributed by atoms with Crippen molar-refractivity contribution in [1.82, 2.24) is 25.9 Å². The third-order valence-corrected chi connectivity index (χ3v) is 12.7. The molecule has 0 saturated carbocycles. The third kappa shape index (κ3) is 53.5. The number of nitrogens with zero attached hydrogens (tertiary/aromatic N) is 1. The lowest BCUT2D eigenvalue weighted by atomic mass is 9.95. The van der Waals surface area contributed by atoms with Crippen molar-refractivity contribution in [3.8, 4) is 0 Å². The van der Waals surface area contributed by atoms with E-state index in [1.54, 1.807) is 26.4 Å². The fraction of sp³-hybridized carbons (Fsp3) is 0.793. The van der Waals surface area contributed by atoms with E-state index in [9.17, 15) is 48.3 Å². The van der Waals surface area contributed by atoms with Crippen molar-refractivity contribution in [3.05, 3.63) is 18.2 Å². The number of Topliss-reactive ketones (excluding diaryl/α,β-unsaturated/α-hetero) is 4. The van der Waals surface area contributed by atoms with Crippen molar-refractivity contribution in [2.75, 3.05) is 65.9 Å². The van der Waals surface area contributed by atoms with Crippen molar-refractivity contribution in [2.45, 2.75) is 226 Å². The van der Waals surface area contributed by atoms with Gasteiger partial charge in [-0.1, -0.05) is 104 Å². The van der Waals surface area contributed by atoms with E-state index in [4.69, 9.17) is 29.8 Å². The Kier molecular flexibility index (Phi) is 51.7. The van der Waals surface area contributed by atoms with Crippen LogP contribution in [-0.2, 0) is 68.5 Å². The predicted molar refractivity (Wildman–Crippen MR) is 303 cm³/mol. The summed E-state index contributed by atoms with van der Waals surface area (Å²) >= 11 is 0. The van der Waals surface area contributed by atoms with Crippen LogP contribution in [0.3, 0.4) is 0 Å². The van der Waals surface area contributed by atoms with Crippen LogP contribution < -0.4 is 21.7 Å². The van der Waals surface area contributed by atoms with E-state index in [0.29, 0.717) is 64.0 Å². The molecule has 1 heterocycles. The van der Waals surface area contributed by atoms with Gasteiger partial charge in [0.1, 0.15) is 42.4 Å². The fourth-order valence-electron chi connectivity index (χ4n) is 8.04. The Hall–Kier alpha value is -4.96. The first kappa shape index (κ1) is 76.1. The molecule has 8 N–H and O–H groups in total. The zero-order valence-corrected chi connectivity index (χ0v) is 47.7. The van der Waals surface area contributed by atoms with Gasteiger partial charge in [-0.15, -0.1) is 0 Å². The van der Waals surface area contributed by atoms with Crippen LogP contribution in [0.5, 0.6) is 0 Å². The Morgan fingerprint density at radius 3 is 1.58 bits per heavy atom. The molecule has 0 bridgehead atoms. The number of ketones is 4. The second-order valence-electron chi connectivity index (χ2n) is 20.3. The van der Waals surface area contributed by atoms with Crippen molar-refractivity contribution in [2.24, 2.45) is 11.7 Å². The fourth-order valence-corrected chi connectivity index (χ4v) is 8.04. The molecule has 0 spiro atoms. The molecule has 0 fully saturated rings. The quantitative estimate of drug-likeness (QED) is 0.0307. The number of aromatic nitrogens is 2. The molecular weight excluding hydrogens is 1020 g/mol. The van der Waals surface area contributed by atoms with Crippen LogP contribution in [0, 0.1) is 5.92 Å². The van der Waals surface area contributed by atoms with Crippen LogP contribution in [0.2, 0.25) is 0 Å². The van der Waals surface area contributed by atoms with Gasteiger partial charge < -0.3 is 65.4 Å². The van der Waals surface area contributed by atoms with E-state index < -0.39 is 24.0 Å². The maximum Gasteiger partial charge on any atom is 0.326 e. The summed E-state index contributed by atoms with van der Waals surface area (Å²) < 4.78 is 21.6. The minimum atomic E-state index is -1.16. The van der Waals surface area contributed by atoms with Crippen molar-refractivity contribution in [1.29, 1.82) is 0 Å². The highest BCUT2D eigenvalue weighted by atomic mass is 16.5. The normalized spacial score (nSPS) is 12.0. The van der Waals surface area contributed by atoms with Crippen molar-refractivity contribution in [3.63, 3.8) is 0 Å². The molecule has 1 aromatic heterocycles. The van der Waals surface area contributed by atoms with Gasteiger partial charge in [0.05, 0.1) is 45.4 Å². The first-order valence-electron chi connectivity index (χ1n) is 28.8. The van der Waals surface area contributed by atoms with Crippen LogP contribution in [0.4, 0.5) is 0 Å². The van der Waals surface area contributed by atoms with Gasteiger partial charge in [-0.3, -0.25) is 28.8 Å². The summed E-state index contributed by atoms with van der Waals surface area (Å²) in [5, 5.41) is 26.3. The van der Waals surface area contributed by atoms with Crippen molar-refractivity contribution < 1.29 is 72.3 Å². The van der Waals surface area contributed by atoms with Gasteiger partial charge in [0.25, 0.3) is 0 Å². The molecule has 1 rings (SSSR count). The molecule has 0 unspecified atom stereocenters. The van der Waals surface area contributed by atoms with Crippen LogP contribution >= 0.6 is 0 Å². The van der Waals surface area contributed by atoms with Crippen molar-refractivity contribution >= 4 is 52.8 Å². The second-order valence-corrected chi connectivity index (χ2v) is 20.3. The number of nitrogens with two attached hydrogens (primary N) is 1. The summed E-state index contributed by atoms with van der Waals surface area (Å²) in [7, 11) is 0. The van der Waals surface area contributed by atoms with Gasteiger partial charge in [-0.05, 0) is 64.7 Å². The number of unbranched alkanes of at least 4 members (excludes halogenated alkanes) is 14. The molecule has 456 valence electrons. The smallest absolute Gasteiger partial charge is 0.326 e. The van der Waals surface area contributed by atoms with Gasteiger partial charge in [-0.2, -0.15) is 0 Å². The number of carbonyl (C=O) groups excluding carboxylic acids is 7. The zero-order chi connectivity index (χ0) is 57.9. The number of nitrogens with one attached hydrogen (secondary N) is 4. The minimum Gasteiger partial charge on any atom is -0.481 e. The van der Waals surface area contributed by atoms with E-state index in [1.165, 1.54) is 44.9 Å². The number of imidazole rings is 1. The highest BCUT2D eigenvalue weighted by Crippen LogP contribution is 2.16. The van der Waals surface area contributed by atoms with E-state index >= 15 is 0 Å². The Labute approximate surface area is 471 Å². The lowest BCUT2D eigenvalue weighted by Gasteiger charge is -2.14. The molecule has 21 heteroatoms. The number of amides is 3. The molecule has 0 aliphatic heterocycles. The molecule has 21 nitrogen and oxygen atoms in total. The van der Waals surface area contributed by atoms with E-state index in [-0.39, 0.29) is 133 Å². The number of aliphatic carboxylic acids is 2. The molecule has 0 aromatic carbocycles. The minimum absolute atomic E-state index is 0. The van der Waals surface area contributed by atoms with Crippen LogP contribution in [0.15, 0.2) is 12.5 Å². The molecule has 0 saturated heterocycles. The highest BCUT2D eigenvalue weighted by molar-refractivity contribution is 5.85. The Morgan fingerprint density at radius 2 is 1.06 bits per heavy atom. The molecule has 0 aliphatic carbocycles. The summed E-state index contributed by atoms with van der Waals surface area (Å²) in [6.07, 6.45) is 25.9. The molecule has 0 aliphatic rings. The number of H-pyrrole nitrogens is 1. The average Bonchev–Trinajstić information content (AvgIpc) is 3.91. The second kappa shape index (κ2) is 53.7. The Morgan fingerprint density at radius 1 is 0.544 bits per heavy atom. The first-order chi connectivity index (χ1) is 37.5. The average molecular weight is 1130 g/mol. The number of hydrogen-bond acceptors (Lipinski definition) is 15. The van der Waals surface area contributed by atoms with Crippen LogP contribution in [-0.4, -0.2) is 151 Å². The number of hydrogen-bond donors (Lipinski definition) is 7. The summed E-state index contributed by atoms with van der Waals surface area (Å²) in [5.74, 6) is -2.02. The summed E-state index contributed by atoms with van der Waals surface area (Å²) in [6.45, 7) is 7.34. The maximum absolute atomic E-state index is 12.4. The number of carbonyl (C=O) groups is 9. The molecule has 3 amide bonds. The molecule has 0 radical (unpaired) electrons. The van der Waals surface area contributed by atoms with Gasteiger partial charge in [0.15, 0.2) is 0 Å². The van der Waals surface area contributed by atoms with Gasteiger partial charge in [0, 0.05) is 83.0 Å². The summed E-state index contributed by atoms with van der Waals surface area (Å²) in [4.78, 5) is 111. The topological polar surface area (TPSA) is 322 Å². The van der Waals surface area contributed by atoms with Gasteiger partial charge in [-0.25, -0.2) is 9.78 Å². The molecular formula is C58H104N6O15. The number of carboxylic acid groups (broad SMARTS) is 2.